The molecule has 1 aromatic carbocycles. The molecule has 0 saturated carbocycles. The fourth-order valence-electron chi connectivity index (χ4n) is 3.33. The van der Waals surface area contributed by atoms with Crippen LogP contribution in [0.3, 0.4) is 0 Å². The molecular formula is C17H20N2OS. The van der Waals surface area contributed by atoms with Crippen molar-refractivity contribution in [1.82, 2.24) is 10.3 Å². The lowest BCUT2D eigenvalue weighted by Gasteiger charge is -2.21. The van der Waals surface area contributed by atoms with Gasteiger partial charge in [0.05, 0.1) is 18.8 Å². The molecule has 0 radical (unpaired) electrons. The lowest BCUT2D eigenvalue weighted by Crippen LogP contribution is -2.26. The van der Waals surface area contributed by atoms with Gasteiger partial charge in [0.1, 0.15) is 10.8 Å². The number of fused-ring (bicyclic) bond motifs is 3. The van der Waals surface area contributed by atoms with Crippen LogP contribution in [0.4, 0.5) is 0 Å². The molecule has 1 aliphatic heterocycles. The molecule has 2 heterocycles. The van der Waals surface area contributed by atoms with E-state index in [1.54, 1.807) is 7.11 Å². The van der Waals surface area contributed by atoms with Crippen LogP contribution in [0.2, 0.25) is 0 Å². The summed E-state index contributed by atoms with van der Waals surface area (Å²) in [5.41, 5.74) is 3.87. The Hall–Kier alpha value is -1.39. The third-order valence-electron chi connectivity index (χ3n) is 4.52. The van der Waals surface area contributed by atoms with Gasteiger partial charge in [-0.3, -0.25) is 0 Å². The Morgan fingerprint density at radius 2 is 2.24 bits per heavy atom. The molecule has 1 aromatic heterocycles. The van der Waals surface area contributed by atoms with Gasteiger partial charge in [0, 0.05) is 10.4 Å². The van der Waals surface area contributed by atoms with Crippen molar-refractivity contribution >= 4 is 11.3 Å². The summed E-state index contributed by atoms with van der Waals surface area (Å²) in [6.45, 7) is 1.12. The van der Waals surface area contributed by atoms with E-state index in [1.165, 1.54) is 46.0 Å². The third-order valence-corrected chi connectivity index (χ3v) is 5.74. The standard InChI is InChI=1S/C17H20N2OS/c1-20-12-7-5-11-6-8-15-16(13(11)10-12)19-17(21-15)14-4-2-3-9-18-14/h5,7,10,14,18H,2-4,6,8-9H2,1H3. The number of nitrogens with zero attached hydrogens (tertiary/aromatic N) is 1. The molecule has 3 nitrogen and oxygen atoms in total. The van der Waals surface area contributed by atoms with Gasteiger partial charge >= 0.3 is 0 Å². The fourth-order valence-corrected chi connectivity index (χ4v) is 4.52. The average Bonchev–Trinajstić information content (AvgIpc) is 3.00. The number of aromatic nitrogens is 1. The molecule has 21 heavy (non-hydrogen) atoms. The summed E-state index contributed by atoms with van der Waals surface area (Å²) in [5, 5.41) is 4.89. The third kappa shape index (κ3) is 2.36. The number of nitrogens with one attached hydrogen (secondary N) is 1. The van der Waals surface area contributed by atoms with Gasteiger partial charge in [0.25, 0.3) is 0 Å². The Labute approximate surface area is 129 Å². The van der Waals surface area contributed by atoms with Crippen molar-refractivity contribution in [3.05, 3.63) is 33.6 Å². The van der Waals surface area contributed by atoms with Gasteiger partial charge in [0.15, 0.2) is 0 Å². The smallest absolute Gasteiger partial charge is 0.119 e. The van der Waals surface area contributed by atoms with E-state index in [1.807, 2.05) is 11.3 Å². The Bertz CT molecular complexity index is 659. The topological polar surface area (TPSA) is 34.1 Å². The average molecular weight is 300 g/mol. The maximum Gasteiger partial charge on any atom is 0.119 e. The van der Waals surface area contributed by atoms with E-state index in [0.29, 0.717) is 6.04 Å². The lowest BCUT2D eigenvalue weighted by molar-refractivity contribution is 0.411. The Morgan fingerprint density at radius 1 is 1.29 bits per heavy atom. The normalized spacial score (nSPS) is 20.7. The van der Waals surface area contributed by atoms with Crippen LogP contribution < -0.4 is 10.1 Å². The molecule has 4 heteroatoms. The zero-order valence-corrected chi connectivity index (χ0v) is 13.1. The number of thiazole rings is 1. The largest absolute Gasteiger partial charge is 0.497 e. The number of ether oxygens (including phenoxy) is 1. The molecule has 1 unspecified atom stereocenters. The summed E-state index contributed by atoms with van der Waals surface area (Å²) in [7, 11) is 1.73. The first-order valence-corrected chi connectivity index (χ1v) is 8.57. The number of benzene rings is 1. The van der Waals surface area contributed by atoms with Gasteiger partial charge in [-0.2, -0.15) is 0 Å². The van der Waals surface area contributed by atoms with E-state index >= 15 is 0 Å². The molecule has 1 N–H and O–H groups in total. The molecule has 0 spiro atoms. The van der Waals surface area contributed by atoms with Crippen LogP contribution in [0.1, 0.15) is 40.8 Å². The predicted molar refractivity (Wildman–Crippen MR) is 86.1 cm³/mol. The van der Waals surface area contributed by atoms with Crippen molar-refractivity contribution in [3.63, 3.8) is 0 Å². The van der Waals surface area contributed by atoms with Crippen LogP contribution in [0.5, 0.6) is 5.75 Å². The van der Waals surface area contributed by atoms with E-state index in [0.717, 1.165) is 25.1 Å². The van der Waals surface area contributed by atoms with Gasteiger partial charge in [-0.05, 0) is 49.9 Å². The molecule has 1 saturated heterocycles. The summed E-state index contributed by atoms with van der Waals surface area (Å²) >= 11 is 1.90. The first-order valence-electron chi connectivity index (χ1n) is 7.75. The van der Waals surface area contributed by atoms with E-state index in [2.05, 4.69) is 23.5 Å². The van der Waals surface area contributed by atoms with E-state index in [-0.39, 0.29) is 0 Å². The number of aryl methyl sites for hydroxylation is 2. The highest BCUT2D eigenvalue weighted by Gasteiger charge is 2.25. The number of rotatable bonds is 2. The molecule has 2 aliphatic rings. The second-order valence-corrected chi connectivity index (χ2v) is 6.96. The quantitative estimate of drug-likeness (QED) is 0.917. The number of piperidine rings is 1. The molecule has 4 rings (SSSR count). The van der Waals surface area contributed by atoms with Crippen molar-refractivity contribution in [3.8, 4) is 17.0 Å². The first-order chi connectivity index (χ1) is 10.3. The van der Waals surface area contributed by atoms with Crippen molar-refractivity contribution in [2.45, 2.75) is 38.1 Å². The molecule has 1 atom stereocenters. The Balaban J connectivity index is 1.74. The molecule has 110 valence electrons. The maximum absolute atomic E-state index is 5.38. The molecular weight excluding hydrogens is 280 g/mol. The number of hydrogen-bond acceptors (Lipinski definition) is 4. The van der Waals surface area contributed by atoms with Crippen LogP contribution >= 0.6 is 11.3 Å². The fraction of sp³-hybridized carbons (Fsp3) is 0.471. The highest BCUT2D eigenvalue weighted by molar-refractivity contribution is 7.12. The summed E-state index contributed by atoms with van der Waals surface area (Å²) < 4.78 is 5.38. The van der Waals surface area contributed by atoms with Crippen molar-refractivity contribution < 1.29 is 4.74 Å². The predicted octanol–water partition coefficient (Wildman–Crippen LogP) is 3.73. The second-order valence-electron chi connectivity index (χ2n) is 5.85. The lowest BCUT2D eigenvalue weighted by atomic mass is 9.93. The second kappa shape index (κ2) is 5.43. The molecule has 1 fully saturated rings. The minimum atomic E-state index is 0.461. The van der Waals surface area contributed by atoms with E-state index in [9.17, 15) is 0 Å². The zero-order valence-electron chi connectivity index (χ0n) is 12.3. The summed E-state index contributed by atoms with van der Waals surface area (Å²) in [5.74, 6) is 0.923. The minimum Gasteiger partial charge on any atom is -0.497 e. The molecule has 2 aromatic rings. The van der Waals surface area contributed by atoms with Gasteiger partial charge in [-0.25, -0.2) is 4.98 Å². The van der Waals surface area contributed by atoms with E-state index in [4.69, 9.17) is 9.72 Å². The Kier molecular flexibility index (Phi) is 3.43. The number of hydrogen-bond donors (Lipinski definition) is 1. The SMILES string of the molecule is COc1ccc2c(c1)-c1nc(C3CCCCN3)sc1CC2. The van der Waals surface area contributed by atoms with Gasteiger partial charge in [0.2, 0.25) is 0 Å². The van der Waals surface area contributed by atoms with Gasteiger partial charge in [-0.1, -0.05) is 12.5 Å². The molecule has 0 bridgehead atoms. The van der Waals surface area contributed by atoms with Crippen LogP contribution in [0.25, 0.3) is 11.3 Å². The van der Waals surface area contributed by atoms with Gasteiger partial charge < -0.3 is 10.1 Å². The summed E-state index contributed by atoms with van der Waals surface area (Å²) in [6, 6.07) is 6.85. The Morgan fingerprint density at radius 3 is 3.05 bits per heavy atom. The van der Waals surface area contributed by atoms with Crippen LogP contribution in [0, 0.1) is 0 Å². The highest BCUT2D eigenvalue weighted by atomic mass is 32.1. The van der Waals surface area contributed by atoms with Crippen molar-refractivity contribution in [2.75, 3.05) is 13.7 Å². The van der Waals surface area contributed by atoms with Crippen molar-refractivity contribution in [2.24, 2.45) is 0 Å². The monoisotopic (exact) mass is 300 g/mol. The van der Waals surface area contributed by atoms with Crippen LogP contribution in [-0.2, 0) is 12.8 Å². The first kappa shape index (κ1) is 13.3. The maximum atomic E-state index is 5.38. The zero-order chi connectivity index (χ0) is 14.2. The van der Waals surface area contributed by atoms with Crippen LogP contribution in [0.15, 0.2) is 18.2 Å². The molecule has 0 amide bonds. The van der Waals surface area contributed by atoms with Crippen LogP contribution in [-0.4, -0.2) is 18.6 Å². The minimum absolute atomic E-state index is 0.461. The van der Waals surface area contributed by atoms with Gasteiger partial charge in [-0.15, -0.1) is 11.3 Å². The number of methoxy groups -OCH3 is 1. The highest BCUT2D eigenvalue weighted by Crippen LogP contribution is 2.40. The van der Waals surface area contributed by atoms with E-state index < -0.39 is 0 Å². The molecule has 1 aliphatic carbocycles. The summed E-state index contributed by atoms with van der Waals surface area (Å²) in [4.78, 5) is 6.43. The summed E-state index contributed by atoms with van der Waals surface area (Å²) in [6.07, 6.45) is 6.07. The van der Waals surface area contributed by atoms with Crippen molar-refractivity contribution in [1.29, 1.82) is 0 Å².